The number of carbonyl (C=O) groups is 2. The predicted molar refractivity (Wildman–Crippen MR) is 40.6 cm³/mol. The molecule has 64 valence electrons. The summed E-state index contributed by atoms with van der Waals surface area (Å²) in [6.07, 6.45) is 0. The van der Waals surface area contributed by atoms with Gasteiger partial charge in [-0.05, 0) is 0 Å². The van der Waals surface area contributed by atoms with E-state index in [-0.39, 0.29) is 41.1 Å². The van der Waals surface area contributed by atoms with Crippen LogP contribution >= 0.6 is 11.8 Å². The van der Waals surface area contributed by atoms with Gasteiger partial charge in [0.2, 0.25) is 0 Å². The van der Waals surface area contributed by atoms with Crippen LogP contribution in [0.5, 0.6) is 0 Å². The van der Waals surface area contributed by atoms with Gasteiger partial charge >= 0.3 is 41.5 Å². The zero-order chi connectivity index (χ0) is 8.85. The average Bonchev–Trinajstić information content (AvgIpc) is 1.86. The molecule has 0 saturated carbocycles. The van der Waals surface area contributed by atoms with Gasteiger partial charge in [0.1, 0.15) is 6.04 Å². The second-order valence-electron chi connectivity index (χ2n) is 1.85. The van der Waals surface area contributed by atoms with Crippen LogP contribution in [0, 0.1) is 0 Å². The third-order valence-corrected chi connectivity index (χ3v) is 1.89. The zero-order valence-electron chi connectivity index (χ0n) is 6.69. The van der Waals surface area contributed by atoms with Crippen LogP contribution in [-0.4, -0.2) is 39.7 Å². The summed E-state index contributed by atoms with van der Waals surface area (Å²) in [4.78, 5) is 20.0. The monoisotopic (exact) mass is 202 g/mol. The summed E-state index contributed by atoms with van der Waals surface area (Å²) in [6, 6.07) is -0.973. The summed E-state index contributed by atoms with van der Waals surface area (Å²) in [6.45, 7) is 0. The zero-order valence-corrected chi connectivity index (χ0v) is 9.50. The van der Waals surface area contributed by atoms with Crippen molar-refractivity contribution in [1.82, 2.24) is 0 Å². The maximum atomic E-state index is 10.1. The smallest absolute Gasteiger partial charge is 0.481 e. The Labute approximate surface area is 96.0 Å². The Kier molecular flexibility index (Phi) is 9.69. The van der Waals surface area contributed by atoms with Gasteiger partial charge in [-0.25, -0.2) is 0 Å². The average molecular weight is 202 g/mol. The van der Waals surface area contributed by atoms with E-state index in [2.05, 4.69) is 0 Å². The minimum atomic E-state index is -1.11. The van der Waals surface area contributed by atoms with Gasteiger partial charge in [-0.1, -0.05) is 0 Å². The molecule has 0 fully saturated rings. The quantitative estimate of drug-likeness (QED) is 0.395. The normalized spacial score (nSPS) is 11.4. The largest absolute Gasteiger partial charge is 1.00 e. The molecule has 0 amide bonds. The first-order valence-corrected chi connectivity index (χ1v) is 3.97. The third-order valence-electron chi connectivity index (χ3n) is 0.840. The van der Waals surface area contributed by atoms with Crippen LogP contribution in [-0.2, 0) is 9.59 Å². The number of nitrogens with two attached hydrogens (primary N) is 1. The fourth-order valence-corrected chi connectivity index (χ4v) is 1.03. The molecule has 0 aromatic carbocycles. The minimum absolute atomic E-state index is 0. The van der Waals surface area contributed by atoms with Gasteiger partial charge in [0.25, 0.3) is 0 Å². The molecule has 4 N–H and O–H groups in total. The van der Waals surface area contributed by atoms with E-state index in [0.29, 0.717) is 0 Å². The molecule has 0 aliphatic heterocycles. The van der Waals surface area contributed by atoms with Crippen LogP contribution in [0.25, 0.3) is 0 Å². The number of aliphatic carboxylic acids is 2. The van der Waals surface area contributed by atoms with Crippen molar-refractivity contribution < 1.29 is 49.4 Å². The molecule has 0 saturated heterocycles. The Morgan fingerprint density at radius 3 is 2.25 bits per heavy atom. The van der Waals surface area contributed by atoms with E-state index in [1.165, 1.54) is 0 Å². The molecule has 12 heavy (non-hydrogen) atoms. The summed E-state index contributed by atoms with van der Waals surface area (Å²) in [5.74, 6) is -2.06. The van der Waals surface area contributed by atoms with Crippen molar-refractivity contribution in [3.63, 3.8) is 0 Å². The van der Waals surface area contributed by atoms with Gasteiger partial charge < -0.3 is 15.9 Å². The van der Waals surface area contributed by atoms with Crippen molar-refractivity contribution in [3.8, 4) is 0 Å². The Balaban J connectivity index is 0. The Bertz CT molecular complexity index is 166. The molecule has 0 radical (unpaired) electrons. The standard InChI is InChI=1S/C5H9NO4S.Na/c6-3(5(9)10)1-11-2-4(7)8;/h3H,1-2,6H2,(H,7,8)(H,9,10);/q;+1. The van der Waals surface area contributed by atoms with Gasteiger partial charge in [-0.3, -0.25) is 9.59 Å². The van der Waals surface area contributed by atoms with Crippen molar-refractivity contribution in [3.05, 3.63) is 0 Å². The summed E-state index contributed by atoms with van der Waals surface area (Å²) >= 11 is 0.992. The number of carboxylic acid groups (broad SMARTS) is 2. The van der Waals surface area contributed by atoms with E-state index in [4.69, 9.17) is 15.9 Å². The van der Waals surface area contributed by atoms with Crippen molar-refractivity contribution in [2.45, 2.75) is 6.04 Å². The molecule has 0 spiro atoms. The summed E-state index contributed by atoms with van der Waals surface area (Å²) < 4.78 is 0. The molecular formula is C5H9NNaO4S+. The predicted octanol–water partition coefficient (Wildman–Crippen LogP) is -3.78. The summed E-state index contributed by atoms with van der Waals surface area (Å²) in [5.41, 5.74) is 5.09. The van der Waals surface area contributed by atoms with Gasteiger partial charge in [-0.15, -0.1) is 11.8 Å². The molecule has 0 rings (SSSR count). The molecule has 1 unspecified atom stereocenters. The summed E-state index contributed by atoms with van der Waals surface area (Å²) in [5, 5.41) is 16.4. The van der Waals surface area contributed by atoms with Gasteiger partial charge in [-0.2, -0.15) is 0 Å². The van der Waals surface area contributed by atoms with Gasteiger partial charge in [0.15, 0.2) is 0 Å². The second kappa shape index (κ2) is 7.88. The molecule has 5 nitrogen and oxygen atoms in total. The number of rotatable bonds is 5. The van der Waals surface area contributed by atoms with Crippen LogP contribution in [0.2, 0.25) is 0 Å². The van der Waals surface area contributed by atoms with Crippen LogP contribution in [0.15, 0.2) is 0 Å². The first-order chi connectivity index (χ1) is 5.04. The SMILES string of the molecule is NC(CSCC(=O)O)C(=O)O.[Na+]. The van der Waals surface area contributed by atoms with E-state index in [1.807, 2.05) is 0 Å². The van der Waals surface area contributed by atoms with Gasteiger partial charge in [0, 0.05) is 5.75 Å². The Morgan fingerprint density at radius 1 is 1.42 bits per heavy atom. The van der Waals surface area contributed by atoms with E-state index in [0.717, 1.165) is 11.8 Å². The number of thioether (sulfide) groups is 1. The van der Waals surface area contributed by atoms with Crippen molar-refractivity contribution in [2.24, 2.45) is 5.73 Å². The van der Waals surface area contributed by atoms with Crippen molar-refractivity contribution in [1.29, 1.82) is 0 Å². The fraction of sp³-hybridized carbons (Fsp3) is 0.600. The van der Waals surface area contributed by atoms with Crippen molar-refractivity contribution >= 4 is 23.7 Å². The van der Waals surface area contributed by atoms with Gasteiger partial charge in [0.05, 0.1) is 5.75 Å². The maximum absolute atomic E-state index is 10.1. The molecular weight excluding hydrogens is 193 g/mol. The first-order valence-electron chi connectivity index (χ1n) is 2.82. The topological polar surface area (TPSA) is 101 Å². The number of carboxylic acids is 2. The molecule has 0 aliphatic carbocycles. The second-order valence-corrected chi connectivity index (χ2v) is 2.88. The third kappa shape index (κ3) is 8.35. The Hall–Kier alpha value is 0.250. The van der Waals surface area contributed by atoms with E-state index in [1.54, 1.807) is 0 Å². The Morgan fingerprint density at radius 2 is 1.92 bits per heavy atom. The molecule has 0 aromatic rings. The van der Waals surface area contributed by atoms with Crippen molar-refractivity contribution in [2.75, 3.05) is 11.5 Å². The van der Waals surface area contributed by atoms with Crippen LogP contribution < -0.4 is 35.3 Å². The fourth-order valence-electron chi connectivity index (χ4n) is 0.344. The molecule has 7 heteroatoms. The first kappa shape index (κ1) is 14.8. The number of hydrogen-bond acceptors (Lipinski definition) is 4. The van der Waals surface area contributed by atoms with Crippen LogP contribution in [0.4, 0.5) is 0 Å². The molecule has 0 aromatic heterocycles. The van der Waals surface area contributed by atoms with E-state index >= 15 is 0 Å². The minimum Gasteiger partial charge on any atom is -0.481 e. The van der Waals surface area contributed by atoms with E-state index < -0.39 is 18.0 Å². The molecule has 0 heterocycles. The van der Waals surface area contributed by atoms with Crippen LogP contribution in [0.1, 0.15) is 0 Å². The maximum Gasteiger partial charge on any atom is 1.00 e. The molecule has 0 aliphatic rings. The van der Waals surface area contributed by atoms with Crippen LogP contribution in [0.3, 0.4) is 0 Å². The molecule has 1 atom stereocenters. The summed E-state index contributed by atoms with van der Waals surface area (Å²) in [7, 11) is 0. The molecule has 0 bridgehead atoms. The number of hydrogen-bond donors (Lipinski definition) is 3. The van der Waals surface area contributed by atoms with E-state index in [9.17, 15) is 9.59 Å².